The van der Waals surface area contributed by atoms with Gasteiger partial charge in [0.25, 0.3) is 0 Å². The number of carboxylic acids is 1. The third-order valence-electron chi connectivity index (χ3n) is 8.20. The molecule has 0 bridgehead atoms. The molecule has 1 aromatic carbocycles. The van der Waals surface area contributed by atoms with Crippen molar-refractivity contribution >= 4 is 29.4 Å². The number of rotatable bonds is 8. The Balaban J connectivity index is 1.73. The maximum Gasteiger partial charge on any atom is 0.307 e. The van der Waals surface area contributed by atoms with Crippen LogP contribution in [0.15, 0.2) is 23.5 Å². The summed E-state index contributed by atoms with van der Waals surface area (Å²) in [7, 11) is 1.69. The molecule has 5 N–H and O–H groups in total. The van der Waals surface area contributed by atoms with E-state index in [1.165, 1.54) is 5.01 Å². The zero-order valence-electron chi connectivity index (χ0n) is 22.1. The Hall–Kier alpha value is -2.98. The van der Waals surface area contributed by atoms with Crippen molar-refractivity contribution in [1.29, 1.82) is 0 Å². The zero-order valence-corrected chi connectivity index (χ0v) is 22.9. The lowest BCUT2D eigenvalue weighted by Gasteiger charge is -2.43. The molecular formula is C27H38ClN5O5. The van der Waals surface area contributed by atoms with Gasteiger partial charge in [-0.2, -0.15) is 0 Å². The summed E-state index contributed by atoms with van der Waals surface area (Å²) < 4.78 is 6.19. The van der Waals surface area contributed by atoms with E-state index < -0.39 is 23.8 Å². The first-order valence-electron chi connectivity index (χ1n) is 13.3. The third-order valence-corrected chi connectivity index (χ3v) is 8.55. The molecule has 38 heavy (non-hydrogen) atoms. The Morgan fingerprint density at radius 3 is 2.50 bits per heavy atom. The second-order valence-electron chi connectivity index (χ2n) is 10.5. The van der Waals surface area contributed by atoms with Gasteiger partial charge in [0.15, 0.2) is 0 Å². The van der Waals surface area contributed by atoms with Crippen LogP contribution in [0.4, 0.5) is 0 Å². The maximum atomic E-state index is 14.0. The molecule has 2 amide bonds. The van der Waals surface area contributed by atoms with Crippen LogP contribution in [0.2, 0.25) is 5.02 Å². The fourth-order valence-electron chi connectivity index (χ4n) is 5.89. The van der Waals surface area contributed by atoms with E-state index in [-0.39, 0.29) is 18.4 Å². The van der Waals surface area contributed by atoms with Crippen LogP contribution in [0.5, 0.6) is 5.75 Å². The number of nitrogens with two attached hydrogens (primary N) is 2. The average molecular weight is 548 g/mol. The number of hydrazine groups is 1. The monoisotopic (exact) mass is 547 g/mol. The smallest absolute Gasteiger partial charge is 0.307 e. The van der Waals surface area contributed by atoms with Gasteiger partial charge in [-0.15, -0.1) is 0 Å². The third kappa shape index (κ3) is 5.71. The largest absolute Gasteiger partial charge is 0.487 e. The molecule has 208 valence electrons. The van der Waals surface area contributed by atoms with Crippen molar-refractivity contribution in [3.63, 3.8) is 0 Å². The number of benzene rings is 1. The van der Waals surface area contributed by atoms with E-state index in [9.17, 15) is 19.5 Å². The quantitative estimate of drug-likeness (QED) is 0.333. The minimum Gasteiger partial charge on any atom is -0.487 e. The van der Waals surface area contributed by atoms with Gasteiger partial charge in [0, 0.05) is 49.4 Å². The number of ether oxygens (including phenoxy) is 1. The zero-order chi connectivity index (χ0) is 27.6. The van der Waals surface area contributed by atoms with Gasteiger partial charge < -0.3 is 30.4 Å². The Bertz CT molecular complexity index is 1120. The lowest BCUT2D eigenvalue weighted by Crippen LogP contribution is -2.50. The molecule has 1 aromatic rings. The Morgan fingerprint density at radius 2 is 1.87 bits per heavy atom. The summed E-state index contributed by atoms with van der Waals surface area (Å²) in [4.78, 5) is 42.2. The Kier molecular flexibility index (Phi) is 8.72. The van der Waals surface area contributed by atoms with Gasteiger partial charge in [-0.3, -0.25) is 14.4 Å². The topological polar surface area (TPSA) is 142 Å². The fraction of sp³-hybridized carbons (Fsp3) is 0.593. The van der Waals surface area contributed by atoms with E-state index in [2.05, 4.69) is 0 Å². The normalized spacial score (nSPS) is 24.1. The SMILES string of the molecule is C/C(=C(/N)COc1ccc(Cl)c2c1[C@@H](CN1CCCC1=O)N(C(=O)[C@@H]1CCCC[C@@H]1C(=O)O)CC2)N(C)N. The van der Waals surface area contributed by atoms with Crippen LogP contribution in [-0.4, -0.2) is 71.0 Å². The summed E-state index contributed by atoms with van der Waals surface area (Å²) in [5.41, 5.74) is 8.96. The lowest BCUT2D eigenvalue weighted by molar-refractivity contribution is -0.154. The molecule has 3 aliphatic rings. The summed E-state index contributed by atoms with van der Waals surface area (Å²) in [6.07, 6.45) is 4.40. The highest BCUT2D eigenvalue weighted by atomic mass is 35.5. The van der Waals surface area contributed by atoms with Crippen molar-refractivity contribution in [3.8, 4) is 5.75 Å². The van der Waals surface area contributed by atoms with Gasteiger partial charge in [-0.05, 0) is 50.3 Å². The summed E-state index contributed by atoms with van der Waals surface area (Å²) >= 11 is 6.65. The highest BCUT2D eigenvalue weighted by molar-refractivity contribution is 6.31. The van der Waals surface area contributed by atoms with Gasteiger partial charge >= 0.3 is 5.97 Å². The molecule has 11 heteroatoms. The first-order valence-corrected chi connectivity index (χ1v) is 13.7. The van der Waals surface area contributed by atoms with Crippen LogP contribution >= 0.6 is 11.6 Å². The molecule has 2 aliphatic heterocycles. The van der Waals surface area contributed by atoms with Crippen LogP contribution in [0, 0.1) is 11.8 Å². The number of carboxylic acid groups (broad SMARTS) is 1. The van der Waals surface area contributed by atoms with E-state index in [1.807, 2.05) is 0 Å². The standard InChI is InChI=1S/C27H38ClN5O5/c1-16(31(2)30)21(29)15-38-23-10-9-20(28)19-11-13-33(22(25(19)23)14-32-12-5-8-24(32)34)26(35)17-6-3-4-7-18(17)27(36)37/h9-10,17-18,22H,3-8,11-15,29-30H2,1-2H3,(H,36,37)/b21-16-/t17-,18+,22-/m1/s1. The van der Waals surface area contributed by atoms with Gasteiger partial charge in [0.1, 0.15) is 12.4 Å². The molecule has 2 heterocycles. The molecular weight excluding hydrogens is 510 g/mol. The van der Waals surface area contributed by atoms with Crippen molar-refractivity contribution in [1.82, 2.24) is 14.8 Å². The number of halogens is 1. The predicted molar refractivity (Wildman–Crippen MR) is 143 cm³/mol. The first-order chi connectivity index (χ1) is 18.1. The summed E-state index contributed by atoms with van der Waals surface area (Å²) in [6.45, 7) is 3.18. The van der Waals surface area contributed by atoms with E-state index >= 15 is 0 Å². The molecule has 2 fully saturated rings. The first kappa shape index (κ1) is 28.0. The van der Waals surface area contributed by atoms with Crippen LogP contribution in [0.3, 0.4) is 0 Å². The average Bonchev–Trinajstić information content (AvgIpc) is 3.31. The number of nitrogens with zero attached hydrogens (tertiary/aromatic N) is 3. The Labute approximate surface area is 228 Å². The number of carbonyl (C=O) groups excluding carboxylic acids is 2. The number of carbonyl (C=O) groups is 3. The van der Waals surface area contributed by atoms with Crippen molar-refractivity contribution < 1.29 is 24.2 Å². The van der Waals surface area contributed by atoms with Crippen molar-refractivity contribution in [2.45, 2.75) is 57.9 Å². The minimum atomic E-state index is -0.929. The van der Waals surface area contributed by atoms with Crippen molar-refractivity contribution in [3.05, 3.63) is 39.7 Å². The minimum absolute atomic E-state index is 0.0453. The number of allylic oxidation sites excluding steroid dienone is 1. The van der Waals surface area contributed by atoms with E-state index in [4.69, 9.17) is 27.9 Å². The number of hydrogen-bond acceptors (Lipinski definition) is 7. The van der Waals surface area contributed by atoms with E-state index in [0.29, 0.717) is 67.5 Å². The highest BCUT2D eigenvalue weighted by Gasteiger charge is 2.43. The summed E-state index contributed by atoms with van der Waals surface area (Å²) in [6, 6.07) is 3.03. The molecule has 0 unspecified atom stereocenters. The predicted octanol–water partition coefficient (Wildman–Crippen LogP) is 2.65. The van der Waals surface area contributed by atoms with Crippen LogP contribution in [0.25, 0.3) is 0 Å². The van der Waals surface area contributed by atoms with Crippen LogP contribution in [0.1, 0.15) is 62.6 Å². The molecule has 4 rings (SSSR count). The molecule has 1 saturated carbocycles. The molecule has 1 aliphatic carbocycles. The number of fused-ring (bicyclic) bond motifs is 1. The van der Waals surface area contributed by atoms with Crippen LogP contribution in [-0.2, 0) is 20.8 Å². The molecule has 1 saturated heterocycles. The molecule has 10 nitrogen and oxygen atoms in total. The van der Waals surface area contributed by atoms with Gasteiger partial charge in [-0.1, -0.05) is 24.4 Å². The lowest BCUT2D eigenvalue weighted by atomic mass is 9.77. The van der Waals surface area contributed by atoms with Gasteiger partial charge in [-0.25, -0.2) is 5.84 Å². The van der Waals surface area contributed by atoms with Crippen molar-refractivity contribution in [2.24, 2.45) is 23.4 Å². The number of amides is 2. The Morgan fingerprint density at radius 1 is 1.16 bits per heavy atom. The van der Waals surface area contributed by atoms with Crippen molar-refractivity contribution in [2.75, 3.05) is 33.3 Å². The second-order valence-corrected chi connectivity index (χ2v) is 10.9. The van der Waals surface area contributed by atoms with E-state index in [0.717, 1.165) is 30.4 Å². The van der Waals surface area contributed by atoms with Crippen LogP contribution < -0.4 is 16.3 Å². The number of hydrogen-bond donors (Lipinski definition) is 3. The fourth-order valence-corrected chi connectivity index (χ4v) is 6.15. The van der Waals surface area contributed by atoms with E-state index in [1.54, 1.807) is 35.9 Å². The van der Waals surface area contributed by atoms with Gasteiger partial charge in [0.05, 0.1) is 23.6 Å². The maximum absolute atomic E-state index is 14.0. The molecule has 0 aromatic heterocycles. The number of aliphatic carboxylic acids is 1. The summed E-state index contributed by atoms with van der Waals surface area (Å²) in [5.74, 6) is 3.99. The molecule has 0 spiro atoms. The number of likely N-dealkylation sites (tertiary alicyclic amines) is 1. The molecule has 0 radical (unpaired) electrons. The second kappa shape index (κ2) is 11.8. The highest BCUT2D eigenvalue weighted by Crippen LogP contribution is 2.43. The molecule has 3 atom stereocenters. The summed E-state index contributed by atoms with van der Waals surface area (Å²) in [5, 5.41) is 11.8. The van der Waals surface area contributed by atoms with Gasteiger partial charge in [0.2, 0.25) is 11.8 Å².